The maximum atomic E-state index is 12.3. The van der Waals surface area contributed by atoms with E-state index in [1.807, 2.05) is 29.1 Å². The van der Waals surface area contributed by atoms with Gasteiger partial charge in [0, 0.05) is 48.2 Å². The molecule has 11 heteroatoms. The minimum atomic E-state index is -4.58. The minimum absolute atomic E-state index is 0.0124. The number of anilines is 1. The Kier molecular flexibility index (Phi) is 4.54. The number of hydrogen-bond donors (Lipinski definition) is 1. The van der Waals surface area contributed by atoms with Crippen LogP contribution in [-0.2, 0) is 4.74 Å². The van der Waals surface area contributed by atoms with Gasteiger partial charge >= 0.3 is 6.36 Å². The van der Waals surface area contributed by atoms with E-state index in [0.29, 0.717) is 37.4 Å². The molecule has 156 valence electrons. The van der Waals surface area contributed by atoms with Crippen molar-refractivity contribution in [3.63, 3.8) is 0 Å². The second kappa shape index (κ2) is 7.24. The predicted molar refractivity (Wildman–Crippen MR) is 102 cm³/mol. The number of fused-ring (bicyclic) bond motifs is 2. The third-order valence-corrected chi connectivity index (χ3v) is 5.28. The molecule has 1 N–H and O–H groups in total. The second-order valence-corrected chi connectivity index (χ2v) is 7.30. The monoisotopic (exact) mass is 417 g/mol. The third kappa shape index (κ3) is 3.80. The van der Waals surface area contributed by atoms with Crippen LogP contribution < -0.4 is 5.32 Å². The molecular weight excluding hydrogens is 399 g/mol. The lowest BCUT2D eigenvalue weighted by atomic mass is 9.93. The Hall–Kier alpha value is -3.21. The van der Waals surface area contributed by atoms with Crippen LogP contribution in [-0.4, -0.2) is 47.5 Å². The molecule has 1 saturated carbocycles. The largest absolute Gasteiger partial charge is 0.522 e. The molecule has 0 spiro atoms. The second-order valence-electron chi connectivity index (χ2n) is 7.30. The Morgan fingerprint density at radius 1 is 1.03 bits per heavy atom. The molecule has 4 aromatic rings. The molecule has 0 aliphatic heterocycles. The Labute approximate surface area is 168 Å². The molecule has 0 bridgehead atoms. The lowest BCUT2D eigenvalue weighted by Gasteiger charge is -2.29. The third-order valence-electron chi connectivity index (χ3n) is 5.28. The van der Waals surface area contributed by atoms with Crippen molar-refractivity contribution in [3.8, 4) is 11.1 Å². The van der Waals surface area contributed by atoms with E-state index < -0.39 is 12.5 Å². The van der Waals surface area contributed by atoms with Crippen molar-refractivity contribution in [1.82, 2.24) is 29.0 Å². The first-order valence-corrected chi connectivity index (χ1v) is 9.59. The van der Waals surface area contributed by atoms with Gasteiger partial charge in [0.05, 0.1) is 17.8 Å². The number of nitrogens with one attached hydrogen (secondary N) is 1. The summed E-state index contributed by atoms with van der Waals surface area (Å²) in [5, 5.41) is 7.71. The van der Waals surface area contributed by atoms with Gasteiger partial charge in [0.25, 0.3) is 0 Å². The topological polar surface area (TPSA) is 81.6 Å². The summed E-state index contributed by atoms with van der Waals surface area (Å²) in [6.45, 7) is 0. The molecule has 0 amide bonds. The molecule has 1 aliphatic carbocycles. The zero-order valence-electron chi connectivity index (χ0n) is 15.8. The Morgan fingerprint density at radius 3 is 2.67 bits per heavy atom. The van der Waals surface area contributed by atoms with Gasteiger partial charge in [-0.05, 0) is 31.7 Å². The molecule has 0 atom stereocenters. The van der Waals surface area contributed by atoms with Crippen molar-refractivity contribution in [2.45, 2.75) is 44.2 Å². The summed E-state index contributed by atoms with van der Waals surface area (Å²) in [7, 11) is 0. The smallest absolute Gasteiger partial charge is 0.350 e. The highest BCUT2D eigenvalue weighted by atomic mass is 19.4. The number of alkyl halides is 3. The maximum absolute atomic E-state index is 12.3. The molecular formula is C19H18F3N7O. The van der Waals surface area contributed by atoms with E-state index in [4.69, 9.17) is 0 Å². The molecule has 5 rings (SSSR count). The first-order valence-electron chi connectivity index (χ1n) is 9.59. The first-order chi connectivity index (χ1) is 14.4. The molecule has 0 saturated heterocycles. The van der Waals surface area contributed by atoms with E-state index in [0.717, 1.165) is 16.6 Å². The molecule has 30 heavy (non-hydrogen) atoms. The zero-order chi connectivity index (χ0) is 20.7. The SMILES string of the molecule is FC(F)(F)O[C@H]1CC[C@@H](Nc2ncc3c(-c4cnc5nccn5c4)ccn3n2)CC1. The zero-order valence-corrected chi connectivity index (χ0v) is 15.8. The highest BCUT2D eigenvalue weighted by Gasteiger charge is 2.35. The number of hydrogen-bond acceptors (Lipinski definition) is 6. The number of aromatic nitrogens is 6. The van der Waals surface area contributed by atoms with Gasteiger partial charge < -0.3 is 5.32 Å². The number of rotatable bonds is 4. The Balaban J connectivity index is 1.29. The van der Waals surface area contributed by atoms with Crippen LogP contribution in [0.3, 0.4) is 0 Å². The van der Waals surface area contributed by atoms with Gasteiger partial charge in [-0.3, -0.25) is 9.14 Å². The van der Waals surface area contributed by atoms with Gasteiger partial charge in [-0.1, -0.05) is 0 Å². The molecule has 1 aliphatic rings. The summed E-state index contributed by atoms with van der Waals surface area (Å²) in [5.41, 5.74) is 2.67. The number of halogens is 3. The molecule has 8 nitrogen and oxygen atoms in total. The fourth-order valence-corrected chi connectivity index (χ4v) is 3.86. The average molecular weight is 417 g/mol. The van der Waals surface area contributed by atoms with Crippen LogP contribution in [0.15, 0.2) is 43.2 Å². The van der Waals surface area contributed by atoms with Gasteiger partial charge in [0.15, 0.2) is 0 Å². The van der Waals surface area contributed by atoms with Crippen molar-refractivity contribution < 1.29 is 17.9 Å². The standard InChI is InChI=1S/C19H18F3N7O/c20-19(21,22)30-14-3-1-13(2-4-14)26-17-24-10-16-15(5-7-29(16)27-17)12-9-25-18-23-6-8-28(18)11-12/h5-11,13-14H,1-4H2,(H,26,27)/t13-,14+. The summed E-state index contributed by atoms with van der Waals surface area (Å²) in [5.74, 6) is 1.06. The van der Waals surface area contributed by atoms with Crippen LogP contribution in [0.2, 0.25) is 0 Å². The summed E-state index contributed by atoms with van der Waals surface area (Å²) in [6.07, 6.45) is 7.24. The molecule has 1 fully saturated rings. The summed E-state index contributed by atoms with van der Waals surface area (Å²) in [4.78, 5) is 12.9. The van der Waals surface area contributed by atoms with Gasteiger partial charge in [0.2, 0.25) is 11.7 Å². The molecule has 4 heterocycles. The van der Waals surface area contributed by atoms with E-state index in [2.05, 4.69) is 30.1 Å². The van der Waals surface area contributed by atoms with E-state index in [1.54, 1.807) is 23.1 Å². The van der Waals surface area contributed by atoms with Gasteiger partial charge in [-0.15, -0.1) is 18.3 Å². The van der Waals surface area contributed by atoms with Crippen LogP contribution in [0.1, 0.15) is 25.7 Å². The lowest BCUT2D eigenvalue weighted by Crippen LogP contribution is -2.33. The van der Waals surface area contributed by atoms with Crippen LogP contribution >= 0.6 is 0 Å². The fourth-order valence-electron chi connectivity index (χ4n) is 3.86. The normalized spacial score (nSPS) is 20.1. The van der Waals surface area contributed by atoms with Crippen molar-refractivity contribution in [3.05, 3.63) is 43.2 Å². The van der Waals surface area contributed by atoms with Crippen LogP contribution in [0.25, 0.3) is 22.4 Å². The fraction of sp³-hybridized carbons (Fsp3) is 0.368. The first kappa shape index (κ1) is 18.8. The van der Waals surface area contributed by atoms with Gasteiger partial charge in [-0.25, -0.2) is 19.5 Å². The van der Waals surface area contributed by atoms with E-state index >= 15 is 0 Å². The quantitative estimate of drug-likeness (QED) is 0.545. The summed E-state index contributed by atoms with van der Waals surface area (Å²) < 4.78 is 44.7. The van der Waals surface area contributed by atoms with Gasteiger partial charge in [0.1, 0.15) is 0 Å². The maximum Gasteiger partial charge on any atom is 0.522 e. The molecule has 0 radical (unpaired) electrons. The lowest BCUT2D eigenvalue weighted by molar-refractivity contribution is -0.345. The van der Waals surface area contributed by atoms with E-state index in [9.17, 15) is 13.2 Å². The Morgan fingerprint density at radius 2 is 1.87 bits per heavy atom. The highest BCUT2D eigenvalue weighted by molar-refractivity contribution is 5.79. The number of imidazole rings is 1. The van der Waals surface area contributed by atoms with Crippen molar-refractivity contribution >= 4 is 17.2 Å². The summed E-state index contributed by atoms with van der Waals surface area (Å²) in [6, 6.07) is 1.95. The Bertz CT molecular complexity index is 1180. The summed E-state index contributed by atoms with van der Waals surface area (Å²) >= 11 is 0. The van der Waals surface area contributed by atoms with Crippen LogP contribution in [0.5, 0.6) is 0 Å². The van der Waals surface area contributed by atoms with Crippen LogP contribution in [0, 0.1) is 0 Å². The minimum Gasteiger partial charge on any atom is -0.350 e. The highest BCUT2D eigenvalue weighted by Crippen LogP contribution is 2.29. The van der Waals surface area contributed by atoms with Crippen molar-refractivity contribution in [1.29, 1.82) is 0 Å². The number of nitrogens with zero attached hydrogens (tertiary/aromatic N) is 6. The van der Waals surface area contributed by atoms with Gasteiger partial charge in [-0.2, -0.15) is 0 Å². The van der Waals surface area contributed by atoms with Crippen molar-refractivity contribution in [2.75, 3.05) is 5.32 Å². The molecule has 4 aromatic heterocycles. The van der Waals surface area contributed by atoms with E-state index in [1.165, 1.54) is 0 Å². The molecule has 0 aromatic carbocycles. The van der Waals surface area contributed by atoms with Crippen molar-refractivity contribution in [2.24, 2.45) is 0 Å². The van der Waals surface area contributed by atoms with E-state index in [-0.39, 0.29) is 6.04 Å². The average Bonchev–Trinajstić information content (AvgIpc) is 3.34. The predicted octanol–water partition coefficient (Wildman–Crippen LogP) is 3.70. The molecule has 0 unspecified atom stereocenters. The van der Waals surface area contributed by atoms with Crippen LogP contribution in [0.4, 0.5) is 19.1 Å². The number of ether oxygens (including phenoxy) is 1.